The number of aromatic nitrogens is 3. The SMILES string of the molecule is CC(C)[C@]1(C(=O)O)CC[C@H](c2nc(Br)c3c(N)nccn23)C1. The van der Waals surface area contributed by atoms with Gasteiger partial charge in [-0.1, -0.05) is 13.8 Å². The molecule has 1 saturated carbocycles. The number of imidazole rings is 1. The Hall–Kier alpha value is -1.63. The summed E-state index contributed by atoms with van der Waals surface area (Å²) < 4.78 is 2.58. The fourth-order valence-corrected chi connectivity index (χ4v) is 4.17. The van der Waals surface area contributed by atoms with Gasteiger partial charge >= 0.3 is 5.97 Å². The van der Waals surface area contributed by atoms with Gasteiger partial charge < -0.3 is 10.8 Å². The highest BCUT2D eigenvalue weighted by atomic mass is 79.9. The van der Waals surface area contributed by atoms with Crippen LogP contribution in [0.25, 0.3) is 5.52 Å². The summed E-state index contributed by atoms with van der Waals surface area (Å²) >= 11 is 3.43. The normalized spacial score (nSPS) is 25.2. The standard InChI is InChI=1S/C15H19BrN4O2/c1-8(2)15(14(21)22)4-3-9(7-15)13-19-11(16)10-12(17)18-5-6-20(10)13/h5-6,8-9H,3-4,7H2,1-2H3,(H2,17,18)(H,21,22)/t9-,15-/m0/s1. The van der Waals surface area contributed by atoms with Crippen molar-refractivity contribution in [2.45, 2.75) is 39.0 Å². The zero-order valence-corrected chi connectivity index (χ0v) is 14.2. The maximum atomic E-state index is 11.8. The Morgan fingerprint density at radius 2 is 2.32 bits per heavy atom. The van der Waals surface area contributed by atoms with Crippen molar-refractivity contribution in [1.82, 2.24) is 14.4 Å². The van der Waals surface area contributed by atoms with E-state index in [1.807, 2.05) is 24.4 Å². The summed E-state index contributed by atoms with van der Waals surface area (Å²) in [4.78, 5) is 20.5. The number of carbonyl (C=O) groups is 1. The van der Waals surface area contributed by atoms with Crippen LogP contribution in [0.4, 0.5) is 5.82 Å². The third-order valence-corrected chi connectivity index (χ3v) is 5.57. The lowest BCUT2D eigenvalue weighted by molar-refractivity contribution is -0.151. The Morgan fingerprint density at radius 1 is 1.59 bits per heavy atom. The Morgan fingerprint density at radius 3 is 2.91 bits per heavy atom. The summed E-state index contributed by atoms with van der Waals surface area (Å²) in [5, 5.41) is 9.69. The van der Waals surface area contributed by atoms with Crippen LogP contribution in [0.15, 0.2) is 17.0 Å². The second-order valence-corrected chi connectivity index (χ2v) is 7.10. The lowest BCUT2D eigenvalue weighted by Crippen LogP contribution is -2.33. The van der Waals surface area contributed by atoms with E-state index in [4.69, 9.17) is 5.73 Å². The van der Waals surface area contributed by atoms with E-state index in [1.54, 1.807) is 6.20 Å². The molecule has 1 fully saturated rings. The second kappa shape index (κ2) is 5.22. The largest absolute Gasteiger partial charge is 0.481 e. The first kappa shape index (κ1) is 15.3. The monoisotopic (exact) mass is 366 g/mol. The van der Waals surface area contributed by atoms with E-state index in [1.165, 1.54) is 0 Å². The van der Waals surface area contributed by atoms with Gasteiger partial charge in [-0.05, 0) is 41.1 Å². The predicted octanol–water partition coefficient (Wildman–Crippen LogP) is 3.07. The Labute approximate surface area is 136 Å². The molecule has 0 radical (unpaired) electrons. The summed E-state index contributed by atoms with van der Waals surface area (Å²) in [5.74, 6) is 0.779. The van der Waals surface area contributed by atoms with Crippen molar-refractivity contribution in [3.05, 3.63) is 22.8 Å². The van der Waals surface area contributed by atoms with Crippen molar-refractivity contribution >= 4 is 33.2 Å². The zero-order chi connectivity index (χ0) is 16.1. The summed E-state index contributed by atoms with van der Waals surface area (Å²) in [6.45, 7) is 3.97. The molecule has 1 aliphatic carbocycles. The fraction of sp³-hybridized carbons (Fsp3) is 0.533. The zero-order valence-electron chi connectivity index (χ0n) is 12.6. The van der Waals surface area contributed by atoms with Gasteiger partial charge in [0.25, 0.3) is 0 Å². The van der Waals surface area contributed by atoms with Crippen LogP contribution in [-0.2, 0) is 4.79 Å². The number of fused-ring (bicyclic) bond motifs is 1. The molecule has 2 heterocycles. The van der Waals surface area contributed by atoms with Gasteiger partial charge in [-0.2, -0.15) is 0 Å². The third-order valence-electron chi connectivity index (χ3n) is 5.01. The first-order valence-corrected chi connectivity index (χ1v) is 8.17. The van der Waals surface area contributed by atoms with Crippen LogP contribution in [0.5, 0.6) is 0 Å². The molecule has 22 heavy (non-hydrogen) atoms. The minimum absolute atomic E-state index is 0.0939. The number of anilines is 1. The Bertz CT molecular complexity index is 742. The number of nitrogen functional groups attached to an aromatic ring is 1. The van der Waals surface area contributed by atoms with Crippen LogP contribution in [0.3, 0.4) is 0 Å². The van der Waals surface area contributed by atoms with Crippen LogP contribution < -0.4 is 5.73 Å². The molecular weight excluding hydrogens is 348 g/mol. The van der Waals surface area contributed by atoms with Gasteiger partial charge in [0.1, 0.15) is 15.9 Å². The highest BCUT2D eigenvalue weighted by molar-refractivity contribution is 9.10. The third kappa shape index (κ3) is 2.10. The summed E-state index contributed by atoms with van der Waals surface area (Å²) in [5.41, 5.74) is 6.00. The molecule has 0 aromatic carbocycles. The molecule has 0 unspecified atom stereocenters. The molecule has 3 rings (SSSR count). The van der Waals surface area contributed by atoms with Gasteiger partial charge in [0, 0.05) is 18.3 Å². The van der Waals surface area contributed by atoms with Crippen LogP contribution >= 0.6 is 15.9 Å². The van der Waals surface area contributed by atoms with Crippen molar-refractivity contribution in [2.24, 2.45) is 11.3 Å². The van der Waals surface area contributed by atoms with Crippen LogP contribution in [0.2, 0.25) is 0 Å². The van der Waals surface area contributed by atoms with Gasteiger partial charge in [0.15, 0.2) is 5.82 Å². The molecule has 7 heteroatoms. The van der Waals surface area contributed by atoms with E-state index in [0.29, 0.717) is 23.3 Å². The highest BCUT2D eigenvalue weighted by Gasteiger charge is 2.49. The number of halogens is 1. The Kier molecular flexibility index (Phi) is 3.63. The molecule has 0 aliphatic heterocycles. The van der Waals surface area contributed by atoms with Crippen molar-refractivity contribution in [3.8, 4) is 0 Å². The quantitative estimate of drug-likeness (QED) is 0.870. The van der Waals surface area contributed by atoms with Crippen LogP contribution in [0.1, 0.15) is 44.9 Å². The van der Waals surface area contributed by atoms with E-state index in [9.17, 15) is 9.90 Å². The highest BCUT2D eigenvalue weighted by Crippen LogP contribution is 2.51. The fourth-order valence-electron chi connectivity index (χ4n) is 3.59. The maximum absolute atomic E-state index is 11.8. The van der Waals surface area contributed by atoms with Crippen LogP contribution in [-0.4, -0.2) is 25.4 Å². The molecule has 2 aromatic heterocycles. The number of carboxylic acids is 1. The number of rotatable bonds is 3. The van der Waals surface area contributed by atoms with Gasteiger partial charge in [-0.25, -0.2) is 9.97 Å². The molecule has 0 amide bonds. The van der Waals surface area contributed by atoms with Gasteiger partial charge in [-0.15, -0.1) is 0 Å². The number of carboxylic acid groups (broad SMARTS) is 1. The molecule has 2 aromatic rings. The smallest absolute Gasteiger partial charge is 0.309 e. The molecular formula is C15H19BrN4O2. The molecule has 2 atom stereocenters. The minimum Gasteiger partial charge on any atom is -0.481 e. The van der Waals surface area contributed by atoms with Crippen molar-refractivity contribution in [2.75, 3.05) is 5.73 Å². The predicted molar refractivity (Wildman–Crippen MR) is 86.6 cm³/mol. The van der Waals surface area contributed by atoms with Gasteiger partial charge in [-0.3, -0.25) is 9.20 Å². The number of hydrogen-bond donors (Lipinski definition) is 2. The molecule has 1 aliphatic rings. The number of aliphatic carboxylic acids is 1. The van der Waals surface area contributed by atoms with E-state index >= 15 is 0 Å². The first-order valence-electron chi connectivity index (χ1n) is 7.38. The van der Waals surface area contributed by atoms with Crippen molar-refractivity contribution in [1.29, 1.82) is 0 Å². The molecule has 0 spiro atoms. The van der Waals surface area contributed by atoms with E-state index in [-0.39, 0.29) is 11.8 Å². The molecule has 6 nitrogen and oxygen atoms in total. The second-order valence-electron chi connectivity index (χ2n) is 6.35. The van der Waals surface area contributed by atoms with Crippen molar-refractivity contribution < 1.29 is 9.90 Å². The van der Waals surface area contributed by atoms with E-state index in [0.717, 1.165) is 17.8 Å². The number of nitrogens with two attached hydrogens (primary N) is 1. The summed E-state index contributed by atoms with van der Waals surface area (Å²) in [7, 11) is 0. The Balaban J connectivity index is 2.04. The van der Waals surface area contributed by atoms with Gasteiger partial charge in [0.2, 0.25) is 0 Å². The van der Waals surface area contributed by atoms with Gasteiger partial charge in [0.05, 0.1) is 5.41 Å². The van der Waals surface area contributed by atoms with E-state index in [2.05, 4.69) is 25.9 Å². The lowest BCUT2D eigenvalue weighted by atomic mass is 9.75. The maximum Gasteiger partial charge on any atom is 0.309 e. The molecule has 0 saturated heterocycles. The lowest BCUT2D eigenvalue weighted by Gasteiger charge is -2.28. The summed E-state index contributed by atoms with van der Waals surface area (Å²) in [6, 6.07) is 0. The number of nitrogens with zero attached hydrogens (tertiary/aromatic N) is 3. The molecule has 3 N–H and O–H groups in total. The summed E-state index contributed by atoms with van der Waals surface area (Å²) in [6.07, 6.45) is 5.57. The first-order chi connectivity index (χ1) is 10.4. The average molecular weight is 367 g/mol. The van der Waals surface area contributed by atoms with E-state index < -0.39 is 11.4 Å². The molecule has 0 bridgehead atoms. The topological polar surface area (TPSA) is 93.5 Å². The number of hydrogen-bond acceptors (Lipinski definition) is 4. The average Bonchev–Trinajstić information content (AvgIpc) is 3.02. The minimum atomic E-state index is -0.703. The molecule has 118 valence electrons. The van der Waals surface area contributed by atoms with Crippen LogP contribution in [0, 0.1) is 11.3 Å². The van der Waals surface area contributed by atoms with Crippen molar-refractivity contribution in [3.63, 3.8) is 0 Å².